The van der Waals surface area contributed by atoms with Crippen LogP contribution in [0.3, 0.4) is 0 Å². The Morgan fingerprint density at radius 3 is 2.36 bits per heavy atom. The summed E-state index contributed by atoms with van der Waals surface area (Å²) in [6.07, 6.45) is 0. The first-order chi connectivity index (χ1) is 6.16. The van der Waals surface area contributed by atoms with Crippen LogP contribution in [0.4, 0.5) is 0 Å². The van der Waals surface area contributed by atoms with Gasteiger partial charge in [0.25, 0.3) is 5.91 Å². The molecule has 3 nitrogen and oxygen atoms in total. The summed E-state index contributed by atoms with van der Waals surface area (Å²) in [6, 6.07) is 7.18. The maximum Gasteiger partial charge on any atom is 0.257 e. The van der Waals surface area contributed by atoms with Crippen LogP contribution in [-0.4, -0.2) is 32.0 Å². The van der Waals surface area contributed by atoms with Crippen molar-refractivity contribution in [3.8, 4) is 5.75 Å². The predicted molar refractivity (Wildman–Crippen MR) is 58.3 cm³/mol. The molecule has 0 N–H and O–H groups in total. The van der Waals surface area contributed by atoms with Crippen LogP contribution in [0.25, 0.3) is 0 Å². The molecule has 1 rings (SSSR count). The van der Waals surface area contributed by atoms with E-state index in [2.05, 4.69) is 0 Å². The second-order valence-corrected chi connectivity index (χ2v) is 2.90. The lowest BCUT2D eigenvalue weighted by atomic mass is 10.2. The molecule has 0 bridgehead atoms. The molecule has 1 amide bonds. The first kappa shape index (κ1) is 12.8. The van der Waals surface area contributed by atoms with E-state index < -0.39 is 0 Å². The minimum absolute atomic E-state index is 0. The van der Waals surface area contributed by atoms with E-state index in [-0.39, 0.29) is 18.3 Å². The summed E-state index contributed by atoms with van der Waals surface area (Å²) in [4.78, 5) is 13.1. The number of carbonyl (C=O) groups is 1. The van der Waals surface area contributed by atoms with Gasteiger partial charge in [0.15, 0.2) is 0 Å². The highest BCUT2D eigenvalue weighted by molar-refractivity contribution is 5.96. The van der Waals surface area contributed by atoms with Crippen molar-refractivity contribution >= 4 is 18.3 Å². The van der Waals surface area contributed by atoms with Gasteiger partial charge in [-0.2, -0.15) is 0 Å². The molecule has 0 saturated heterocycles. The normalized spacial score (nSPS) is 8.79. The SMILES string of the molecule is COc1ccccc1C(=O)N(C)C.Cl. The smallest absolute Gasteiger partial charge is 0.257 e. The fraction of sp³-hybridized carbons (Fsp3) is 0.300. The number of para-hydroxylation sites is 1. The van der Waals surface area contributed by atoms with E-state index in [0.29, 0.717) is 11.3 Å². The second-order valence-electron chi connectivity index (χ2n) is 2.90. The molecule has 14 heavy (non-hydrogen) atoms. The van der Waals surface area contributed by atoms with Crippen molar-refractivity contribution in [3.63, 3.8) is 0 Å². The summed E-state index contributed by atoms with van der Waals surface area (Å²) in [6.45, 7) is 0. The molecule has 78 valence electrons. The molecular formula is C10H14ClNO2. The zero-order chi connectivity index (χ0) is 9.84. The van der Waals surface area contributed by atoms with Gasteiger partial charge < -0.3 is 9.64 Å². The van der Waals surface area contributed by atoms with Gasteiger partial charge in [0.2, 0.25) is 0 Å². The zero-order valence-electron chi connectivity index (χ0n) is 8.48. The Kier molecular flexibility index (Phi) is 5.02. The summed E-state index contributed by atoms with van der Waals surface area (Å²) in [5, 5.41) is 0. The third-order valence-corrected chi connectivity index (χ3v) is 1.74. The standard InChI is InChI=1S/C10H13NO2.ClH/c1-11(2)10(12)8-6-4-5-7-9(8)13-3;/h4-7H,1-3H3;1H. The Bertz CT molecular complexity index is 313. The van der Waals surface area contributed by atoms with Gasteiger partial charge in [-0.3, -0.25) is 4.79 Å². The number of rotatable bonds is 2. The Hall–Kier alpha value is -1.22. The van der Waals surface area contributed by atoms with Crippen LogP contribution in [0.15, 0.2) is 24.3 Å². The molecule has 0 radical (unpaired) electrons. The minimum atomic E-state index is -0.0440. The number of methoxy groups -OCH3 is 1. The molecule has 1 aromatic rings. The van der Waals surface area contributed by atoms with E-state index in [4.69, 9.17) is 4.74 Å². The van der Waals surface area contributed by atoms with E-state index in [1.165, 1.54) is 4.90 Å². The topological polar surface area (TPSA) is 29.5 Å². The molecule has 0 aliphatic rings. The lowest BCUT2D eigenvalue weighted by molar-refractivity contribution is 0.0824. The maximum atomic E-state index is 11.6. The lowest BCUT2D eigenvalue weighted by Gasteiger charge is -2.12. The average Bonchev–Trinajstić information content (AvgIpc) is 2.16. The molecule has 0 aliphatic carbocycles. The molecule has 0 aliphatic heterocycles. The van der Waals surface area contributed by atoms with Crippen molar-refractivity contribution in [1.82, 2.24) is 4.90 Å². The van der Waals surface area contributed by atoms with Crippen molar-refractivity contribution in [2.75, 3.05) is 21.2 Å². The largest absolute Gasteiger partial charge is 0.496 e. The summed E-state index contributed by atoms with van der Waals surface area (Å²) >= 11 is 0. The number of carbonyl (C=O) groups excluding carboxylic acids is 1. The van der Waals surface area contributed by atoms with Gasteiger partial charge in [0, 0.05) is 14.1 Å². The van der Waals surface area contributed by atoms with Crippen LogP contribution in [0.2, 0.25) is 0 Å². The zero-order valence-corrected chi connectivity index (χ0v) is 9.30. The number of benzene rings is 1. The fourth-order valence-corrected chi connectivity index (χ4v) is 1.06. The number of halogens is 1. The number of ether oxygens (including phenoxy) is 1. The molecule has 0 fully saturated rings. The van der Waals surface area contributed by atoms with Crippen LogP contribution in [0, 0.1) is 0 Å². The van der Waals surface area contributed by atoms with Gasteiger partial charge in [-0.05, 0) is 12.1 Å². The summed E-state index contributed by atoms with van der Waals surface area (Å²) in [5.41, 5.74) is 0.593. The molecule has 0 saturated carbocycles. The molecule has 0 spiro atoms. The van der Waals surface area contributed by atoms with E-state index in [0.717, 1.165) is 0 Å². The molecular weight excluding hydrogens is 202 g/mol. The Morgan fingerprint density at radius 2 is 1.86 bits per heavy atom. The summed E-state index contributed by atoms with van der Waals surface area (Å²) in [5.74, 6) is 0.568. The first-order valence-corrected chi connectivity index (χ1v) is 4.01. The predicted octanol–water partition coefficient (Wildman–Crippen LogP) is 1.82. The van der Waals surface area contributed by atoms with Crippen LogP contribution >= 0.6 is 12.4 Å². The van der Waals surface area contributed by atoms with Crippen molar-refractivity contribution in [1.29, 1.82) is 0 Å². The molecule has 0 heterocycles. The van der Waals surface area contributed by atoms with Gasteiger partial charge in [0.05, 0.1) is 12.7 Å². The molecule has 0 atom stereocenters. The third kappa shape index (κ3) is 2.64. The van der Waals surface area contributed by atoms with Crippen molar-refractivity contribution in [2.45, 2.75) is 0 Å². The van der Waals surface area contributed by atoms with Crippen molar-refractivity contribution in [2.24, 2.45) is 0 Å². The van der Waals surface area contributed by atoms with Crippen LogP contribution < -0.4 is 4.74 Å². The highest BCUT2D eigenvalue weighted by Crippen LogP contribution is 2.17. The van der Waals surface area contributed by atoms with Crippen LogP contribution in [-0.2, 0) is 0 Å². The molecule has 0 aromatic heterocycles. The lowest BCUT2D eigenvalue weighted by Crippen LogP contribution is -2.22. The van der Waals surface area contributed by atoms with Gasteiger partial charge in [0.1, 0.15) is 5.75 Å². The average molecular weight is 216 g/mol. The highest BCUT2D eigenvalue weighted by atomic mass is 35.5. The minimum Gasteiger partial charge on any atom is -0.496 e. The fourth-order valence-electron chi connectivity index (χ4n) is 1.06. The number of amides is 1. The highest BCUT2D eigenvalue weighted by Gasteiger charge is 2.12. The van der Waals surface area contributed by atoms with Crippen LogP contribution in [0.1, 0.15) is 10.4 Å². The van der Waals surface area contributed by atoms with Crippen molar-refractivity contribution in [3.05, 3.63) is 29.8 Å². The van der Waals surface area contributed by atoms with Gasteiger partial charge in [-0.25, -0.2) is 0 Å². The van der Waals surface area contributed by atoms with Gasteiger partial charge >= 0.3 is 0 Å². The molecule has 1 aromatic carbocycles. The Morgan fingerprint density at radius 1 is 1.29 bits per heavy atom. The van der Waals surface area contributed by atoms with Crippen molar-refractivity contribution < 1.29 is 9.53 Å². The summed E-state index contributed by atoms with van der Waals surface area (Å²) in [7, 11) is 4.99. The monoisotopic (exact) mass is 215 g/mol. The Labute approximate surface area is 90.1 Å². The molecule has 0 unspecified atom stereocenters. The molecule has 4 heteroatoms. The first-order valence-electron chi connectivity index (χ1n) is 4.01. The quantitative estimate of drug-likeness (QED) is 0.753. The van der Waals surface area contributed by atoms with Gasteiger partial charge in [-0.15, -0.1) is 12.4 Å². The number of nitrogens with zero attached hydrogens (tertiary/aromatic N) is 1. The van der Waals surface area contributed by atoms with E-state index in [9.17, 15) is 4.79 Å². The van der Waals surface area contributed by atoms with Gasteiger partial charge in [-0.1, -0.05) is 12.1 Å². The van der Waals surface area contributed by atoms with E-state index >= 15 is 0 Å². The van der Waals surface area contributed by atoms with E-state index in [1.807, 2.05) is 12.1 Å². The second kappa shape index (κ2) is 5.50. The number of hydrogen-bond donors (Lipinski definition) is 0. The van der Waals surface area contributed by atoms with E-state index in [1.54, 1.807) is 33.3 Å². The third-order valence-electron chi connectivity index (χ3n) is 1.74. The van der Waals surface area contributed by atoms with Crippen LogP contribution in [0.5, 0.6) is 5.75 Å². The number of hydrogen-bond acceptors (Lipinski definition) is 2. The Balaban J connectivity index is 0.00000169. The summed E-state index contributed by atoms with van der Waals surface area (Å²) < 4.78 is 5.07. The maximum absolute atomic E-state index is 11.6.